The lowest BCUT2D eigenvalue weighted by Crippen LogP contribution is -2.33. The molecule has 2 fully saturated rings. The minimum atomic E-state index is 0.645. The zero-order valence-corrected chi connectivity index (χ0v) is 12.9. The second-order valence-electron chi connectivity index (χ2n) is 6.80. The van der Waals surface area contributed by atoms with Gasteiger partial charge in [-0.05, 0) is 44.1 Å². The lowest BCUT2D eigenvalue weighted by Gasteiger charge is -2.36. The Bertz CT molecular complexity index is 424. The molecule has 1 N–H and O–H groups in total. The lowest BCUT2D eigenvalue weighted by molar-refractivity contribution is 0.213. The van der Waals surface area contributed by atoms with E-state index in [-0.39, 0.29) is 0 Å². The van der Waals surface area contributed by atoms with Gasteiger partial charge in [0.1, 0.15) is 0 Å². The maximum absolute atomic E-state index is 4.15. The molecule has 0 aliphatic heterocycles. The van der Waals surface area contributed by atoms with Crippen LogP contribution in [0.3, 0.4) is 0 Å². The standard InChI is InChI=1S/C16H28N4/c1-3-4-12-5-6-13(10-17-14-7-8-14)15(9-12)16-11-18-19-20(16)2/h11-15,17H,3-10H2,1-2H3. The van der Waals surface area contributed by atoms with Crippen LogP contribution in [0.1, 0.15) is 63.5 Å². The van der Waals surface area contributed by atoms with E-state index in [9.17, 15) is 0 Å². The highest BCUT2D eigenvalue weighted by atomic mass is 15.4. The van der Waals surface area contributed by atoms with Gasteiger partial charge in [0.2, 0.25) is 0 Å². The van der Waals surface area contributed by atoms with E-state index in [1.54, 1.807) is 0 Å². The van der Waals surface area contributed by atoms with Crippen LogP contribution in [0, 0.1) is 11.8 Å². The molecule has 20 heavy (non-hydrogen) atoms. The second kappa shape index (κ2) is 6.25. The van der Waals surface area contributed by atoms with Crippen LogP contribution in [0.25, 0.3) is 0 Å². The van der Waals surface area contributed by atoms with E-state index in [0.717, 1.165) is 17.9 Å². The molecule has 1 aromatic heterocycles. The molecule has 3 unspecified atom stereocenters. The third-order valence-corrected chi connectivity index (χ3v) is 5.17. The third kappa shape index (κ3) is 3.22. The average molecular weight is 276 g/mol. The molecule has 1 aromatic rings. The molecule has 4 nitrogen and oxygen atoms in total. The molecule has 1 heterocycles. The van der Waals surface area contributed by atoms with Crippen molar-refractivity contribution in [1.82, 2.24) is 20.3 Å². The van der Waals surface area contributed by atoms with Gasteiger partial charge in [0, 0.05) is 19.0 Å². The zero-order valence-electron chi connectivity index (χ0n) is 12.9. The van der Waals surface area contributed by atoms with Crippen LogP contribution in [0.2, 0.25) is 0 Å². The topological polar surface area (TPSA) is 42.7 Å². The van der Waals surface area contributed by atoms with Gasteiger partial charge >= 0.3 is 0 Å². The number of rotatable bonds is 6. The van der Waals surface area contributed by atoms with Crippen molar-refractivity contribution >= 4 is 0 Å². The Balaban J connectivity index is 1.68. The summed E-state index contributed by atoms with van der Waals surface area (Å²) in [6, 6.07) is 0.814. The Morgan fingerprint density at radius 3 is 2.80 bits per heavy atom. The average Bonchev–Trinajstić information content (AvgIpc) is 3.18. The van der Waals surface area contributed by atoms with Crippen LogP contribution in [-0.2, 0) is 7.05 Å². The van der Waals surface area contributed by atoms with Gasteiger partial charge in [0.05, 0.1) is 11.9 Å². The van der Waals surface area contributed by atoms with Gasteiger partial charge in [-0.2, -0.15) is 0 Å². The molecule has 2 saturated carbocycles. The Morgan fingerprint density at radius 2 is 2.15 bits per heavy atom. The van der Waals surface area contributed by atoms with Gasteiger partial charge in [-0.1, -0.05) is 31.4 Å². The first-order valence-corrected chi connectivity index (χ1v) is 8.36. The van der Waals surface area contributed by atoms with E-state index < -0.39 is 0 Å². The summed E-state index contributed by atoms with van der Waals surface area (Å²) in [5, 5.41) is 12.0. The molecule has 2 aliphatic rings. The molecular formula is C16H28N4. The van der Waals surface area contributed by atoms with Gasteiger partial charge in [-0.3, -0.25) is 4.68 Å². The van der Waals surface area contributed by atoms with Crippen LogP contribution in [0.4, 0.5) is 0 Å². The van der Waals surface area contributed by atoms with Crippen LogP contribution in [0.15, 0.2) is 6.20 Å². The third-order valence-electron chi connectivity index (χ3n) is 5.17. The largest absolute Gasteiger partial charge is 0.314 e. The van der Waals surface area contributed by atoms with Gasteiger partial charge in [0.25, 0.3) is 0 Å². The van der Waals surface area contributed by atoms with Crippen molar-refractivity contribution in [3.63, 3.8) is 0 Å². The molecule has 0 bridgehead atoms. The normalized spacial score (nSPS) is 30.6. The molecule has 4 heteroatoms. The summed E-state index contributed by atoms with van der Waals surface area (Å²) in [5.41, 5.74) is 1.34. The van der Waals surface area contributed by atoms with E-state index in [4.69, 9.17) is 0 Å². The van der Waals surface area contributed by atoms with E-state index in [2.05, 4.69) is 22.6 Å². The first kappa shape index (κ1) is 14.1. The summed E-state index contributed by atoms with van der Waals surface area (Å²) in [7, 11) is 2.04. The Hall–Kier alpha value is -0.900. The monoisotopic (exact) mass is 276 g/mol. The maximum Gasteiger partial charge on any atom is 0.0728 e. The maximum atomic E-state index is 4.15. The Kier molecular flexibility index (Phi) is 4.39. The minimum Gasteiger partial charge on any atom is -0.314 e. The first-order chi connectivity index (χ1) is 9.78. The predicted molar refractivity (Wildman–Crippen MR) is 80.5 cm³/mol. The van der Waals surface area contributed by atoms with Crippen molar-refractivity contribution in [2.24, 2.45) is 18.9 Å². The van der Waals surface area contributed by atoms with Crippen LogP contribution in [-0.4, -0.2) is 27.6 Å². The lowest BCUT2D eigenvalue weighted by atomic mass is 9.71. The Morgan fingerprint density at radius 1 is 1.30 bits per heavy atom. The van der Waals surface area contributed by atoms with E-state index in [1.807, 2.05) is 17.9 Å². The fourth-order valence-corrected chi connectivity index (χ4v) is 3.84. The highest BCUT2D eigenvalue weighted by Gasteiger charge is 2.34. The van der Waals surface area contributed by atoms with Gasteiger partial charge in [-0.25, -0.2) is 0 Å². The minimum absolute atomic E-state index is 0.645. The van der Waals surface area contributed by atoms with Crippen LogP contribution < -0.4 is 5.32 Å². The van der Waals surface area contributed by atoms with Crippen molar-refractivity contribution in [3.05, 3.63) is 11.9 Å². The summed E-state index contributed by atoms with van der Waals surface area (Å²) in [4.78, 5) is 0. The number of nitrogens with one attached hydrogen (secondary N) is 1. The first-order valence-electron chi connectivity index (χ1n) is 8.36. The molecule has 112 valence electrons. The molecule has 0 aromatic carbocycles. The van der Waals surface area contributed by atoms with E-state index in [0.29, 0.717) is 5.92 Å². The Labute approximate surface area is 122 Å². The summed E-state index contributed by atoms with van der Waals surface area (Å²) in [6.45, 7) is 3.49. The van der Waals surface area contributed by atoms with E-state index in [1.165, 1.54) is 57.2 Å². The molecule has 0 radical (unpaired) electrons. The summed E-state index contributed by atoms with van der Waals surface area (Å²) >= 11 is 0. The molecule has 0 spiro atoms. The van der Waals surface area contributed by atoms with Gasteiger partial charge in [-0.15, -0.1) is 5.10 Å². The fraction of sp³-hybridized carbons (Fsp3) is 0.875. The van der Waals surface area contributed by atoms with Crippen molar-refractivity contribution in [1.29, 1.82) is 0 Å². The van der Waals surface area contributed by atoms with E-state index >= 15 is 0 Å². The highest BCUT2D eigenvalue weighted by Crippen LogP contribution is 2.41. The van der Waals surface area contributed by atoms with Crippen molar-refractivity contribution < 1.29 is 0 Å². The fourth-order valence-electron chi connectivity index (χ4n) is 3.84. The molecule has 3 rings (SSSR count). The van der Waals surface area contributed by atoms with Crippen LogP contribution in [0.5, 0.6) is 0 Å². The molecular weight excluding hydrogens is 248 g/mol. The molecule has 0 amide bonds. The number of aromatic nitrogens is 3. The summed E-state index contributed by atoms with van der Waals surface area (Å²) in [5.74, 6) is 2.31. The SMILES string of the molecule is CCCC1CCC(CNC2CC2)C(c2cnnn2C)C1. The highest BCUT2D eigenvalue weighted by molar-refractivity contribution is 5.08. The number of hydrogen-bond donors (Lipinski definition) is 1. The second-order valence-corrected chi connectivity index (χ2v) is 6.80. The quantitative estimate of drug-likeness (QED) is 0.869. The molecule has 2 aliphatic carbocycles. The van der Waals surface area contributed by atoms with Crippen LogP contribution >= 0.6 is 0 Å². The summed E-state index contributed by atoms with van der Waals surface area (Å²) in [6.07, 6.45) is 11.5. The summed E-state index contributed by atoms with van der Waals surface area (Å²) < 4.78 is 1.99. The zero-order chi connectivity index (χ0) is 13.9. The van der Waals surface area contributed by atoms with Gasteiger partial charge in [0.15, 0.2) is 0 Å². The number of aryl methyl sites for hydroxylation is 1. The number of hydrogen-bond acceptors (Lipinski definition) is 3. The van der Waals surface area contributed by atoms with Crippen molar-refractivity contribution in [3.8, 4) is 0 Å². The van der Waals surface area contributed by atoms with Crippen molar-refractivity contribution in [2.45, 2.75) is 63.8 Å². The van der Waals surface area contributed by atoms with Gasteiger partial charge < -0.3 is 5.32 Å². The smallest absolute Gasteiger partial charge is 0.0728 e. The van der Waals surface area contributed by atoms with Crippen molar-refractivity contribution in [2.75, 3.05) is 6.54 Å². The molecule has 0 saturated heterocycles. The molecule has 3 atom stereocenters. The number of nitrogens with zero attached hydrogens (tertiary/aromatic N) is 3. The predicted octanol–water partition coefficient (Wildman–Crippen LogP) is 2.87.